The molecule has 0 atom stereocenters. The molecule has 0 aliphatic heterocycles. The molecule has 4 nitrogen and oxygen atoms in total. The lowest BCUT2D eigenvalue weighted by Gasteiger charge is -2.03. The lowest BCUT2D eigenvalue weighted by molar-refractivity contribution is 0.472. The standard InChI is InChI=1S/C11H12BrN3OS/c1-7-5-8(3-4-9(7)12)16-11-15-14-10(17-11)6-13-2/h3-5,13H,6H2,1-2H3. The number of halogens is 1. The Morgan fingerprint density at radius 1 is 1.41 bits per heavy atom. The van der Waals surface area contributed by atoms with Crippen molar-refractivity contribution in [2.75, 3.05) is 7.05 Å². The highest BCUT2D eigenvalue weighted by atomic mass is 79.9. The first kappa shape index (κ1) is 12.5. The van der Waals surface area contributed by atoms with Crippen molar-refractivity contribution in [2.45, 2.75) is 13.5 Å². The van der Waals surface area contributed by atoms with E-state index in [1.807, 2.05) is 32.2 Å². The Kier molecular flexibility index (Phi) is 4.09. The van der Waals surface area contributed by atoms with E-state index in [4.69, 9.17) is 4.74 Å². The van der Waals surface area contributed by atoms with E-state index in [9.17, 15) is 0 Å². The van der Waals surface area contributed by atoms with E-state index in [-0.39, 0.29) is 0 Å². The summed E-state index contributed by atoms with van der Waals surface area (Å²) in [6, 6.07) is 5.82. The van der Waals surface area contributed by atoms with Gasteiger partial charge >= 0.3 is 0 Å². The lowest BCUT2D eigenvalue weighted by Crippen LogP contribution is -2.04. The summed E-state index contributed by atoms with van der Waals surface area (Å²) in [4.78, 5) is 0. The number of hydrogen-bond donors (Lipinski definition) is 1. The van der Waals surface area contributed by atoms with Crippen LogP contribution in [0.4, 0.5) is 0 Å². The zero-order chi connectivity index (χ0) is 12.3. The van der Waals surface area contributed by atoms with Gasteiger partial charge in [0.05, 0.1) is 0 Å². The average molecular weight is 314 g/mol. The van der Waals surface area contributed by atoms with Crippen LogP contribution in [0.2, 0.25) is 0 Å². The fraction of sp³-hybridized carbons (Fsp3) is 0.273. The molecule has 1 aromatic carbocycles. The van der Waals surface area contributed by atoms with Gasteiger partial charge in [0.25, 0.3) is 5.19 Å². The molecule has 0 spiro atoms. The fourth-order valence-corrected chi connectivity index (χ4v) is 2.25. The van der Waals surface area contributed by atoms with E-state index in [2.05, 4.69) is 31.4 Å². The first-order chi connectivity index (χ1) is 8.19. The van der Waals surface area contributed by atoms with Crippen molar-refractivity contribution >= 4 is 27.3 Å². The molecular formula is C11H12BrN3OS. The predicted octanol–water partition coefficient (Wildman–Crippen LogP) is 3.12. The molecule has 0 radical (unpaired) electrons. The molecule has 1 heterocycles. The van der Waals surface area contributed by atoms with E-state index in [1.165, 1.54) is 11.3 Å². The first-order valence-electron chi connectivity index (χ1n) is 5.10. The molecule has 0 aliphatic rings. The van der Waals surface area contributed by atoms with Crippen LogP contribution in [0.15, 0.2) is 22.7 Å². The van der Waals surface area contributed by atoms with Gasteiger partial charge in [-0.15, -0.1) is 5.10 Å². The number of hydrogen-bond acceptors (Lipinski definition) is 5. The summed E-state index contributed by atoms with van der Waals surface area (Å²) < 4.78 is 6.71. The summed E-state index contributed by atoms with van der Waals surface area (Å²) in [5.74, 6) is 0.776. The van der Waals surface area contributed by atoms with Crippen LogP contribution >= 0.6 is 27.3 Å². The predicted molar refractivity (Wildman–Crippen MR) is 71.6 cm³/mol. The molecule has 0 amide bonds. The number of benzene rings is 1. The molecule has 0 saturated carbocycles. The number of aryl methyl sites for hydroxylation is 1. The molecule has 1 aromatic heterocycles. The van der Waals surface area contributed by atoms with E-state index < -0.39 is 0 Å². The summed E-state index contributed by atoms with van der Waals surface area (Å²) in [5.41, 5.74) is 1.13. The minimum absolute atomic E-state index is 0.567. The highest BCUT2D eigenvalue weighted by Crippen LogP contribution is 2.27. The molecule has 1 N–H and O–H groups in total. The highest BCUT2D eigenvalue weighted by Gasteiger charge is 2.06. The van der Waals surface area contributed by atoms with E-state index in [0.717, 1.165) is 20.8 Å². The zero-order valence-corrected chi connectivity index (χ0v) is 11.9. The Morgan fingerprint density at radius 2 is 2.24 bits per heavy atom. The van der Waals surface area contributed by atoms with Crippen LogP contribution in [0.25, 0.3) is 0 Å². The molecule has 6 heteroatoms. The topological polar surface area (TPSA) is 47.0 Å². The van der Waals surface area contributed by atoms with Crippen molar-refractivity contribution in [1.82, 2.24) is 15.5 Å². The third-order valence-corrected chi connectivity index (χ3v) is 3.80. The lowest BCUT2D eigenvalue weighted by atomic mass is 10.2. The van der Waals surface area contributed by atoms with Gasteiger partial charge in [-0.1, -0.05) is 32.4 Å². The van der Waals surface area contributed by atoms with Gasteiger partial charge in [-0.3, -0.25) is 0 Å². The van der Waals surface area contributed by atoms with Crippen LogP contribution in [0.3, 0.4) is 0 Å². The van der Waals surface area contributed by atoms with Crippen molar-refractivity contribution in [3.8, 4) is 10.9 Å². The normalized spacial score (nSPS) is 10.5. The molecule has 0 aliphatic carbocycles. The first-order valence-corrected chi connectivity index (χ1v) is 6.71. The summed E-state index contributed by atoms with van der Waals surface area (Å²) in [5, 5.41) is 12.5. The van der Waals surface area contributed by atoms with Crippen molar-refractivity contribution < 1.29 is 4.74 Å². The summed E-state index contributed by atoms with van der Waals surface area (Å²) in [6.45, 7) is 2.73. The van der Waals surface area contributed by atoms with E-state index in [1.54, 1.807) is 0 Å². The Labute approximate surface area is 112 Å². The number of aromatic nitrogens is 2. The smallest absolute Gasteiger partial charge is 0.299 e. The Balaban J connectivity index is 2.11. The molecule has 0 saturated heterocycles. The van der Waals surface area contributed by atoms with Crippen LogP contribution in [-0.4, -0.2) is 17.2 Å². The molecule has 0 bridgehead atoms. The quantitative estimate of drug-likeness (QED) is 0.942. The molecule has 90 valence electrons. The third-order valence-electron chi connectivity index (χ3n) is 2.11. The van der Waals surface area contributed by atoms with Crippen LogP contribution in [0, 0.1) is 6.92 Å². The van der Waals surface area contributed by atoms with Gasteiger partial charge in [-0.25, -0.2) is 0 Å². The summed E-state index contributed by atoms with van der Waals surface area (Å²) in [7, 11) is 1.88. The van der Waals surface area contributed by atoms with Gasteiger partial charge in [0.15, 0.2) is 0 Å². The van der Waals surface area contributed by atoms with Gasteiger partial charge in [0, 0.05) is 11.0 Å². The van der Waals surface area contributed by atoms with Crippen molar-refractivity contribution in [1.29, 1.82) is 0 Å². The molecule has 2 aromatic rings. The van der Waals surface area contributed by atoms with Crippen molar-refractivity contribution in [2.24, 2.45) is 0 Å². The number of nitrogens with zero attached hydrogens (tertiary/aromatic N) is 2. The Morgan fingerprint density at radius 3 is 2.94 bits per heavy atom. The van der Waals surface area contributed by atoms with Gasteiger partial charge in [-0.2, -0.15) is 0 Å². The summed E-state index contributed by atoms with van der Waals surface area (Å²) in [6.07, 6.45) is 0. The van der Waals surface area contributed by atoms with Crippen LogP contribution in [0.1, 0.15) is 10.6 Å². The zero-order valence-electron chi connectivity index (χ0n) is 9.53. The number of nitrogens with one attached hydrogen (secondary N) is 1. The molecular weight excluding hydrogens is 302 g/mol. The SMILES string of the molecule is CNCc1nnc(Oc2ccc(Br)c(C)c2)s1. The highest BCUT2D eigenvalue weighted by molar-refractivity contribution is 9.10. The number of ether oxygens (including phenoxy) is 1. The third kappa shape index (κ3) is 3.24. The van der Waals surface area contributed by atoms with E-state index in [0.29, 0.717) is 11.7 Å². The molecule has 0 fully saturated rings. The van der Waals surface area contributed by atoms with E-state index >= 15 is 0 Å². The van der Waals surface area contributed by atoms with Gasteiger partial charge in [-0.05, 0) is 37.7 Å². The van der Waals surface area contributed by atoms with Gasteiger partial charge in [0.2, 0.25) is 0 Å². The van der Waals surface area contributed by atoms with Gasteiger partial charge in [0.1, 0.15) is 10.8 Å². The monoisotopic (exact) mass is 313 g/mol. The van der Waals surface area contributed by atoms with Crippen molar-refractivity contribution in [3.05, 3.63) is 33.2 Å². The average Bonchev–Trinajstić information content (AvgIpc) is 2.72. The fourth-order valence-electron chi connectivity index (χ4n) is 1.28. The minimum Gasteiger partial charge on any atom is -0.430 e. The van der Waals surface area contributed by atoms with Crippen LogP contribution < -0.4 is 10.1 Å². The summed E-state index contributed by atoms with van der Waals surface area (Å²) >= 11 is 4.89. The van der Waals surface area contributed by atoms with Crippen molar-refractivity contribution in [3.63, 3.8) is 0 Å². The second-order valence-corrected chi connectivity index (χ2v) is 5.38. The second kappa shape index (κ2) is 5.57. The maximum atomic E-state index is 5.64. The largest absolute Gasteiger partial charge is 0.430 e. The van der Waals surface area contributed by atoms with Gasteiger partial charge < -0.3 is 10.1 Å². The maximum absolute atomic E-state index is 5.64. The van der Waals surface area contributed by atoms with Crippen LogP contribution in [0.5, 0.6) is 10.9 Å². The molecule has 0 unspecified atom stereocenters. The minimum atomic E-state index is 0.567. The maximum Gasteiger partial charge on any atom is 0.299 e. The molecule has 2 rings (SSSR count). The molecule has 17 heavy (non-hydrogen) atoms. The van der Waals surface area contributed by atoms with Crippen LogP contribution in [-0.2, 0) is 6.54 Å². The Hall–Kier alpha value is -0.980. The Bertz CT molecular complexity index is 515. The number of rotatable bonds is 4. The second-order valence-electron chi connectivity index (χ2n) is 3.51.